The molecule has 1 unspecified atom stereocenters. The summed E-state index contributed by atoms with van der Waals surface area (Å²) in [6.45, 7) is 7.13. The number of anilines is 1. The fourth-order valence-electron chi connectivity index (χ4n) is 3.31. The Morgan fingerprint density at radius 2 is 2.06 bits per heavy atom. The smallest absolute Gasteiger partial charge is 0.237 e. The van der Waals surface area contributed by atoms with Crippen LogP contribution in [0, 0.1) is 6.92 Å². The van der Waals surface area contributed by atoms with Gasteiger partial charge in [-0.05, 0) is 44.4 Å². The summed E-state index contributed by atoms with van der Waals surface area (Å²) in [4.78, 5) is 13.9. The minimum Gasteiger partial charge on any atom is -0.454 e. The molecule has 0 bridgehead atoms. The Morgan fingerprint density at radius 1 is 1.23 bits per heavy atom. The normalized spacial score (nSPS) is 14.2. The molecule has 4 rings (SSSR count). The van der Waals surface area contributed by atoms with Gasteiger partial charge in [0.25, 0.3) is 0 Å². The van der Waals surface area contributed by atoms with Crippen LogP contribution in [-0.2, 0) is 6.42 Å². The summed E-state index contributed by atoms with van der Waals surface area (Å²) in [5, 5.41) is 6.91. The van der Waals surface area contributed by atoms with Crippen molar-refractivity contribution in [1.82, 2.24) is 24.8 Å². The van der Waals surface area contributed by atoms with E-state index in [4.69, 9.17) is 21.7 Å². The average Bonchev–Trinajstić information content (AvgIpc) is 3.45. The van der Waals surface area contributed by atoms with E-state index < -0.39 is 5.54 Å². The first-order chi connectivity index (χ1) is 15.0. The molecule has 2 aromatic heterocycles. The van der Waals surface area contributed by atoms with Gasteiger partial charge in [0.05, 0.1) is 5.54 Å². The minimum atomic E-state index is -0.447. The summed E-state index contributed by atoms with van der Waals surface area (Å²) >= 11 is 5.75. The number of fused-ring (bicyclic) bond motifs is 1. The largest absolute Gasteiger partial charge is 0.454 e. The van der Waals surface area contributed by atoms with Crippen LogP contribution in [0.25, 0.3) is 5.95 Å². The van der Waals surface area contributed by atoms with Crippen LogP contribution in [0.3, 0.4) is 0 Å². The molecule has 1 atom stereocenters. The number of imidazole rings is 1. The number of nitrogens with one attached hydrogen (secondary N) is 2. The van der Waals surface area contributed by atoms with Crippen LogP contribution in [0.2, 0.25) is 0 Å². The highest BCUT2D eigenvalue weighted by molar-refractivity contribution is 7.80. The monoisotopic (exact) mass is 438 g/mol. The molecule has 31 heavy (non-hydrogen) atoms. The van der Waals surface area contributed by atoms with Crippen LogP contribution < -0.4 is 20.1 Å². The van der Waals surface area contributed by atoms with E-state index in [2.05, 4.69) is 45.5 Å². The third-order valence-corrected chi connectivity index (χ3v) is 5.92. The third-order valence-electron chi connectivity index (χ3n) is 5.33. The van der Waals surface area contributed by atoms with Crippen LogP contribution in [-0.4, -0.2) is 43.4 Å². The molecule has 0 aliphatic carbocycles. The number of aromatic nitrogens is 4. The quantitative estimate of drug-likeness (QED) is 0.518. The topological polar surface area (TPSA) is 86.1 Å². The van der Waals surface area contributed by atoms with Crippen molar-refractivity contribution in [3.8, 4) is 17.4 Å². The van der Waals surface area contributed by atoms with Gasteiger partial charge in [-0.1, -0.05) is 25.2 Å². The first-order valence-corrected chi connectivity index (χ1v) is 10.7. The lowest BCUT2D eigenvalue weighted by molar-refractivity contribution is 0.174. The molecular formula is C22H26N6O2S. The van der Waals surface area contributed by atoms with E-state index >= 15 is 0 Å². The maximum Gasteiger partial charge on any atom is 0.237 e. The molecule has 1 aliphatic rings. The van der Waals surface area contributed by atoms with Gasteiger partial charge >= 0.3 is 0 Å². The highest BCUT2D eigenvalue weighted by Crippen LogP contribution is 2.32. The summed E-state index contributed by atoms with van der Waals surface area (Å²) in [7, 11) is 0. The van der Waals surface area contributed by atoms with Crippen molar-refractivity contribution in [2.24, 2.45) is 0 Å². The van der Waals surface area contributed by atoms with E-state index in [0.29, 0.717) is 5.95 Å². The molecule has 1 aromatic carbocycles. The number of hydrogen-bond acceptors (Lipinski definition) is 7. The SMILES string of the molecule is CCC(C)(Nc1cc(C)nc(-n2ccnc2)n1)C(=S)NCCc1ccc2c(c1)OCO2. The standard InChI is InChI=1S/C22H26N6O2S/c1-4-22(3,27-19-11-15(2)25-21(26-19)28-10-9-23-13-28)20(31)24-8-7-16-5-6-17-18(12-16)30-14-29-17/h5-6,9-13H,4,7-8,14H2,1-3H3,(H,24,31)(H,25,26,27). The number of ether oxygens (including phenoxy) is 2. The van der Waals surface area contributed by atoms with E-state index in [1.165, 1.54) is 5.56 Å². The molecule has 1 aliphatic heterocycles. The van der Waals surface area contributed by atoms with Gasteiger partial charge in [0, 0.05) is 30.7 Å². The predicted octanol–water partition coefficient (Wildman–Crippen LogP) is 3.44. The number of rotatable bonds is 8. The Morgan fingerprint density at radius 3 is 2.84 bits per heavy atom. The van der Waals surface area contributed by atoms with Gasteiger partial charge < -0.3 is 20.1 Å². The molecule has 2 N–H and O–H groups in total. The second kappa shape index (κ2) is 8.89. The molecule has 3 heterocycles. The molecule has 0 radical (unpaired) electrons. The first-order valence-electron chi connectivity index (χ1n) is 10.3. The van der Waals surface area contributed by atoms with Crippen molar-refractivity contribution in [2.75, 3.05) is 18.7 Å². The summed E-state index contributed by atoms with van der Waals surface area (Å²) < 4.78 is 12.6. The maximum atomic E-state index is 5.75. The predicted molar refractivity (Wildman–Crippen MR) is 123 cm³/mol. The fourth-order valence-corrected chi connectivity index (χ4v) is 3.61. The van der Waals surface area contributed by atoms with E-state index in [9.17, 15) is 0 Å². The first kappa shape index (κ1) is 21.0. The summed E-state index contributed by atoms with van der Waals surface area (Å²) in [6, 6.07) is 7.94. The number of nitrogens with zero attached hydrogens (tertiary/aromatic N) is 4. The van der Waals surface area contributed by atoms with Gasteiger partial charge in [-0.3, -0.25) is 4.57 Å². The zero-order valence-corrected chi connectivity index (χ0v) is 18.7. The Labute approximate surface area is 187 Å². The Bertz CT molecular complexity index is 1070. The van der Waals surface area contributed by atoms with Gasteiger partial charge in [0.1, 0.15) is 17.1 Å². The van der Waals surface area contributed by atoms with Crippen molar-refractivity contribution >= 4 is 23.0 Å². The van der Waals surface area contributed by atoms with Crippen molar-refractivity contribution in [3.05, 3.63) is 54.2 Å². The van der Waals surface area contributed by atoms with E-state index in [1.54, 1.807) is 17.1 Å². The zero-order chi connectivity index (χ0) is 21.8. The second-order valence-electron chi connectivity index (χ2n) is 7.67. The fraction of sp³-hybridized carbons (Fsp3) is 0.364. The minimum absolute atomic E-state index is 0.284. The lowest BCUT2D eigenvalue weighted by Gasteiger charge is -2.32. The molecule has 8 nitrogen and oxygen atoms in total. The third kappa shape index (κ3) is 4.77. The van der Waals surface area contributed by atoms with Crippen molar-refractivity contribution in [2.45, 2.75) is 39.2 Å². The zero-order valence-electron chi connectivity index (χ0n) is 17.9. The molecule has 9 heteroatoms. The maximum absolute atomic E-state index is 5.75. The highest BCUT2D eigenvalue weighted by atomic mass is 32.1. The lowest BCUT2D eigenvalue weighted by atomic mass is 9.98. The van der Waals surface area contributed by atoms with Crippen molar-refractivity contribution in [1.29, 1.82) is 0 Å². The summed E-state index contributed by atoms with van der Waals surface area (Å²) in [5.41, 5.74) is 1.58. The van der Waals surface area contributed by atoms with Gasteiger partial charge in [-0.2, -0.15) is 4.98 Å². The van der Waals surface area contributed by atoms with E-state index in [1.807, 2.05) is 31.3 Å². The average molecular weight is 439 g/mol. The Kier molecular flexibility index (Phi) is 6.03. The van der Waals surface area contributed by atoms with Gasteiger partial charge in [-0.25, -0.2) is 9.97 Å². The molecule has 0 spiro atoms. The van der Waals surface area contributed by atoms with Crippen LogP contribution in [0.1, 0.15) is 31.5 Å². The lowest BCUT2D eigenvalue weighted by Crippen LogP contribution is -2.49. The summed E-state index contributed by atoms with van der Waals surface area (Å²) in [5.74, 6) is 2.89. The number of benzene rings is 1. The molecule has 162 valence electrons. The van der Waals surface area contributed by atoms with Crippen LogP contribution in [0.15, 0.2) is 43.0 Å². The van der Waals surface area contributed by atoms with Crippen LogP contribution in [0.5, 0.6) is 11.5 Å². The number of thiocarbonyl (C=S) groups is 1. The van der Waals surface area contributed by atoms with Gasteiger partial charge in [0.2, 0.25) is 12.7 Å². The van der Waals surface area contributed by atoms with Gasteiger partial charge in [0.15, 0.2) is 11.5 Å². The van der Waals surface area contributed by atoms with Crippen LogP contribution in [0.4, 0.5) is 5.82 Å². The van der Waals surface area contributed by atoms with Crippen molar-refractivity contribution < 1.29 is 9.47 Å². The molecule has 0 fully saturated rings. The van der Waals surface area contributed by atoms with Crippen LogP contribution >= 0.6 is 12.2 Å². The van der Waals surface area contributed by atoms with Crippen molar-refractivity contribution in [3.63, 3.8) is 0 Å². The molecular weight excluding hydrogens is 412 g/mol. The highest BCUT2D eigenvalue weighted by Gasteiger charge is 2.28. The Hall–Kier alpha value is -3.20. The molecule has 3 aromatic rings. The number of hydrogen-bond donors (Lipinski definition) is 2. The molecule has 0 amide bonds. The second-order valence-corrected chi connectivity index (χ2v) is 8.08. The number of aryl methyl sites for hydroxylation is 1. The van der Waals surface area contributed by atoms with Gasteiger partial charge in [-0.15, -0.1) is 0 Å². The molecule has 0 saturated carbocycles. The van der Waals surface area contributed by atoms with E-state index in [-0.39, 0.29) is 6.79 Å². The Balaban J connectivity index is 1.40. The molecule has 0 saturated heterocycles. The summed E-state index contributed by atoms with van der Waals surface area (Å²) in [6.07, 6.45) is 6.83. The van der Waals surface area contributed by atoms with E-state index in [0.717, 1.165) is 47.4 Å².